The van der Waals surface area contributed by atoms with E-state index in [4.69, 9.17) is 4.74 Å². The van der Waals surface area contributed by atoms with Gasteiger partial charge in [-0.05, 0) is 74.3 Å². The Balaban J connectivity index is 0.858. The third kappa shape index (κ3) is 6.20. The molecule has 0 bridgehead atoms. The van der Waals surface area contributed by atoms with Crippen LogP contribution in [0.4, 0.5) is 15.8 Å². The summed E-state index contributed by atoms with van der Waals surface area (Å²) in [4.78, 5) is 71.1. The number of imide groups is 2. The van der Waals surface area contributed by atoms with Gasteiger partial charge in [0.1, 0.15) is 23.5 Å². The highest BCUT2D eigenvalue weighted by molar-refractivity contribution is 6.23. The molecular weight excluding hydrogens is 697 g/mol. The van der Waals surface area contributed by atoms with Crippen LogP contribution in [0.2, 0.25) is 0 Å². The highest BCUT2D eigenvalue weighted by Gasteiger charge is 2.45. The van der Waals surface area contributed by atoms with Crippen molar-refractivity contribution < 1.29 is 33.1 Å². The molecule has 2 saturated heterocycles. The Morgan fingerprint density at radius 1 is 1.02 bits per heavy atom. The number of benzene rings is 2. The molecule has 3 aliphatic heterocycles. The van der Waals surface area contributed by atoms with E-state index in [9.17, 15) is 24.0 Å². The zero-order valence-corrected chi connectivity index (χ0v) is 29.1. The van der Waals surface area contributed by atoms with Crippen LogP contribution < -0.4 is 20.3 Å². The second-order valence-electron chi connectivity index (χ2n) is 14.4. The zero-order chi connectivity index (χ0) is 37.1. The fourth-order valence-corrected chi connectivity index (χ4v) is 7.59. The quantitative estimate of drug-likeness (QED) is 0.201. The maximum Gasteiger partial charge on any atom is 0.262 e. The van der Waals surface area contributed by atoms with Crippen LogP contribution in [-0.4, -0.2) is 90.7 Å². The van der Waals surface area contributed by atoms with Crippen LogP contribution >= 0.6 is 0 Å². The summed E-state index contributed by atoms with van der Waals surface area (Å²) >= 11 is 0. The van der Waals surface area contributed by atoms with E-state index >= 15 is 4.39 Å². The molecule has 15 nitrogen and oxygen atoms in total. The van der Waals surface area contributed by atoms with E-state index in [0.717, 1.165) is 28.8 Å². The lowest BCUT2D eigenvalue weighted by Crippen LogP contribution is -2.54. The molecule has 1 aliphatic carbocycles. The Morgan fingerprint density at radius 2 is 1.83 bits per heavy atom. The van der Waals surface area contributed by atoms with Crippen LogP contribution in [0.15, 0.2) is 61.2 Å². The first-order chi connectivity index (χ1) is 26.2. The molecule has 2 atom stereocenters. The van der Waals surface area contributed by atoms with E-state index in [-0.39, 0.29) is 42.3 Å². The third-order valence-electron chi connectivity index (χ3n) is 10.8. The molecule has 9 rings (SSSR count). The number of amides is 5. The van der Waals surface area contributed by atoms with E-state index in [0.29, 0.717) is 66.6 Å². The number of nitrogens with one attached hydrogen (secondary N) is 2. The predicted molar refractivity (Wildman–Crippen MR) is 192 cm³/mol. The van der Waals surface area contributed by atoms with Crippen LogP contribution in [0.25, 0.3) is 16.6 Å². The van der Waals surface area contributed by atoms with Gasteiger partial charge in [-0.2, -0.15) is 10.2 Å². The fraction of sp³-hybridized carbons (Fsp3) is 0.368. The topological polar surface area (TPSA) is 173 Å². The number of hydrogen-bond acceptors (Lipinski definition) is 10. The molecule has 6 heterocycles. The molecule has 4 aliphatic rings. The molecule has 0 radical (unpaired) electrons. The SMILES string of the molecule is O=C1CCC(N2C(=O)c3ccc(N4CCC([C@H](F)Cn5cc6cc(NC(=O)c7cnn8cccnc78)c(OCC7CC7)cc6n5)CC4)cc3C2=O)C(=O)N1. The van der Waals surface area contributed by atoms with E-state index in [1.807, 2.05) is 0 Å². The van der Waals surface area contributed by atoms with Gasteiger partial charge in [-0.15, -0.1) is 0 Å². The van der Waals surface area contributed by atoms with Crippen molar-refractivity contribution >= 4 is 57.5 Å². The van der Waals surface area contributed by atoms with Crippen molar-refractivity contribution in [2.45, 2.75) is 57.3 Å². The second-order valence-corrected chi connectivity index (χ2v) is 14.4. The van der Waals surface area contributed by atoms with Crippen molar-refractivity contribution in [3.8, 4) is 5.75 Å². The molecule has 5 aromatic rings. The number of ether oxygens (including phenoxy) is 1. The van der Waals surface area contributed by atoms with Gasteiger partial charge in [-0.3, -0.25) is 38.9 Å². The van der Waals surface area contributed by atoms with E-state index in [2.05, 4.69) is 30.7 Å². The Labute approximate surface area is 307 Å². The minimum absolute atomic E-state index is 0.0527. The van der Waals surface area contributed by atoms with Crippen molar-refractivity contribution in [1.82, 2.24) is 34.6 Å². The van der Waals surface area contributed by atoms with Gasteiger partial charge in [0, 0.05) is 55.2 Å². The van der Waals surface area contributed by atoms with Gasteiger partial charge >= 0.3 is 0 Å². The van der Waals surface area contributed by atoms with Crippen LogP contribution in [0.3, 0.4) is 0 Å². The summed E-state index contributed by atoms with van der Waals surface area (Å²) in [6.07, 6.45) is 8.88. The van der Waals surface area contributed by atoms with Crippen molar-refractivity contribution in [1.29, 1.82) is 0 Å². The van der Waals surface area contributed by atoms with Crippen molar-refractivity contribution in [2.75, 3.05) is 29.9 Å². The Bertz CT molecular complexity index is 2360. The number of anilines is 2. The van der Waals surface area contributed by atoms with Crippen molar-refractivity contribution in [3.63, 3.8) is 0 Å². The Kier molecular flexibility index (Phi) is 8.31. The summed E-state index contributed by atoms with van der Waals surface area (Å²) in [6.45, 7) is 1.69. The summed E-state index contributed by atoms with van der Waals surface area (Å²) in [6, 6.07) is 9.31. The highest BCUT2D eigenvalue weighted by Crippen LogP contribution is 2.36. The molecular formula is C38H36FN9O6. The molecule has 3 fully saturated rings. The average molecular weight is 734 g/mol. The van der Waals surface area contributed by atoms with Gasteiger partial charge in [-0.1, -0.05) is 0 Å². The van der Waals surface area contributed by atoms with Crippen LogP contribution in [0, 0.1) is 11.8 Å². The number of rotatable bonds is 10. The molecule has 276 valence electrons. The highest BCUT2D eigenvalue weighted by atomic mass is 19.1. The number of carbonyl (C=O) groups excluding carboxylic acids is 5. The van der Waals surface area contributed by atoms with Crippen LogP contribution in [0.1, 0.15) is 69.6 Å². The number of carbonyl (C=O) groups is 5. The molecule has 54 heavy (non-hydrogen) atoms. The number of hydrogen-bond donors (Lipinski definition) is 2. The first-order valence-electron chi connectivity index (χ1n) is 18.2. The summed E-state index contributed by atoms with van der Waals surface area (Å²) in [7, 11) is 0. The maximum absolute atomic E-state index is 15.9. The molecule has 3 aromatic heterocycles. The number of aromatic nitrogens is 5. The molecule has 2 N–H and O–H groups in total. The van der Waals surface area contributed by atoms with Gasteiger partial charge in [0.25, 0.3) is 17.7 Å². The number of halogens is 1. The second kappa shape index (κ2) is 13.3. The molecule has 1 saturated carbocycles. The molecule has 16 heteroatoms. The smallest absolute Gasteiger partial charge is 0.262 e. The summed E-state index contributed by atoms with van der Waals surface area (Å²) in [5, 5.41) is 14.8. The minimum atomic E-state index is -1.17. The van der Waals surface area contributed by atoms with E-state index in [1.165, 1.54) is 10.7 Å². The van der Waals surface area contributed by atoms with Crippen LogP contribution in [-0.2, 0) is 16.1 Å². The molecule has 0 spiro atoms. The minimum Gasteiger partial charge on any atom is -0.491 e. The predicted octanol–water partition coefficient (Wildman–Crippen LogP) is 3.78. The Hall–Kier alpha value is -6.19. The number of piperidine rings is 2. The van der Waals surface area contributed by atoms with Crippen LogP contribution in [0.5, 0.6) is 5.75 Å². The molecule has 2 aromatic carbocycles. The lowest BCUT2D eigenvalue weighted by molar-refractivity contribution is -0.136. The lowest BCUT2D eigenvalue weighted by Gasteiger charge is -2.35. The van der Waals surface area contributed by atoms with Gasteiger partial charge < -0.3 is 15.0 Å². The van der Waals surface area contributed by atoms with Gasteiger partial charge in [-0.25, -0.2) is 13.9 Å². The van der Waals surface area contributed by atoms with E-state index < -0.39 is 35.8 Å². The number of fused-ring (bicyclic) bond motifs is 3. The number of nitrogens with zero attached hydrogens (tertiary/aromatic N) is 7. The monoisotopic (exact) mass is 733 g/mol. The summed E-state index contributed by atoms with van der Waals surface area (Å²) in [5.41, 5.74) is 3.04. The fourth-order valence-electron chi connectivity index (χ4n) is 7.59. The van der Waals surface area contributed by atoms with Crippen molar-refractivity contribution in [3.05, 3.63) is 77.9 Å². The van der Waals surface area contributed by atoms with E-state index in [1.54, 1.807) is 59.7 Å². The largest absolute Gasteiger partial charge is 0.491 e. The first kappa shape index (κ1) is 33.6. The number of alkyl halides is 1. The summed E-state index contributed by atoms with van der Waals surface area (Å²) < 4.78 is 25.2. The first-order valence-corrected chi connectivity index (χ1v) is 18.2. The van der Waals surface area contributed by atoms with Gasteiger partial charge in [0.05, 0.1) is 41.7 Å². The maximum atomic E-state index is 15.9. The summed E-state index contributed by atoms with van der Waals surface area (Å²) in [5.74, 6) is -1.82. The normalized spacial score (nSPS) is 19.8. The lowest BCUT2D eigenvalue weighted by atomic mass is 9.91. The zero-order valence-electron chi connectivity index (χ0n) is 29.1. The third-order valence-corrected chi connectivity index (χ3v) is 10.8. The van der Waals surface area contributed by atoms with Gasteiger partial charge in [0.2, 0.25) is 11.8 Å². The average Bonchev–Trinajstić information content (AvgIpc) is 3.69. The van der Waals surface area contributed by atoms with Crippen molar-refractivity contribution in [2.24, 2.45) is 11.8 Å². The Morgan fingerprint density at radius 3 is 2.63 bits per heavy atom. The molecule has 5 amide bonds. The van der Waals surface area contributed by atoms with Gasteiger partial charge in [0.15, 0.2) is 5.65 Å². The standard InChI is InChI=1S/C38H36FN9O6/c39-28(22-8-12-45(13-9-22)24-4-5-25-26(15-24)38(53)48(37(25)52)31-6-7-33(49)43-36(31)51)19-46-18-23-14-30(32(16-29(23)44-46)54-20-21-2-3-21)42-35(50)27-17-41-47-11-1-10-40-34(27)47/h1,4-5,10-11,14-18,21-22,28,31H,2-3,6-9,12-13,19-20H2,(H,42,50)(H,43,49,51)/t28-,31?/m1/s1. The molecule has 1 unspecified atom stereocenters.